The molecule has 38 heteroatoms. The van der Waals surface area contributed by atoms with Crippen molar-refractivity contribution in [3.63, 3.8) is 0 Å². The van der Waals surface area contributed by atoms with Crippen LogP contribution in [0, 0.1) is 11.8 Å². The van der Waals surface area contributed by atoms with Crippen LogP contribution in [0.5, 0.6) is 5.75 Å². The minimum absolute atomic E-state index is 0.0215. The van der Waals surface area contributed by atoms with Crippen molar-refractivity contribution >= 4 is 126 Å². The van der Waals surface area contributed by atoms with Gasteiger partial charge in [-0.2, -0.15) is 0 Å². The number of hydrogen-bond donors (Lipinski definition) is 11. The average molecular weight is 1650 g/mol. The Morgan fingerprint density at radius 3 is 2.09 bits per heavy atom. The predicted molar refractivity (Wildman–Crippen MR) is 415 cm³/mol. The molecule has 1 aliphatic carbocycles. The van der Waals surface area contributed by atoms with Gasteiger partial charge in [-0.05, 0) is 79.6 Å². The van der Waals surface area contributed by atoms with E-state index in [4.69, 9.17) is 49.4 Å². The highest BCUT2D eigenvalue weighted by molar-refractivity contribution is 7.99. The molecule has 3 fully saturated rings. The summed E-state index contributed by atoms with van der Waals surface area (Å²) in [5, 5.41) is 36.3. The average Bonchev–Trinajstić information content (AvgIpc) is 1.62. The molecule has 0 saturated carbocycles. The van der Waals surface area contributed by atoms with Gasteiger partial charge in [0.25, 0.3) is 0 Å². The number of thioether (sulfide) groups is 1. The normalized spacial score (nSPS) is 22.5. The summed E-state index contributed by atoms with van der Waals surface area (Å²) < 4.78 is 44.1. The molecule has 5 heterocycles. The number of rotatable bonds is 26. The molecule has 0 spiro atoms. The van der Waals surface area contributed by atoms with Crippen LogP contribution < -0.4 is 48.1 Å². The summed E-state index contributed by atoms with van der Waals surface area (Å²) in [6, 6.07) is 11.4. The van der Waals surface area contributed by atoms with Crippen LogP contribution in [-0.4, -0.2) is 247 Å². The molecule has 3 saturated heterocycles. The lowest BCUT2D eigenvalue weighted by Gasteiger charge is -2.33. The molecular formula is C76H100N11O24PS2. The van der Waals surface area contributed by atoms with Gasteiger partial charge in [-0.1, -0.05) is 100 Å². The fourth-order valence-electron chi connectivity index (χ4n) is 13.9. The number of benzene rings is 3. The second-order valence-electron chi connectivity index (χ2n) is 28.0. The van der Waals surface area contributed by atoms with Gasteiger partial charge in [0.05, 0.1) is 74.0 Å². The van der Waals surface area contributed by atoms with Gasteiger partial charge in [-0.15, -0.1) is 11.8 Å². The number of esters is 4. The highest BCUT2D eigenvalue weighted by Crippen LogP contribution is 2.45. The Morgan fingerprint density at radius 2 is 1.46 bits per heavy atom. The number of aliphatic hydroxyl groups is 1. The molecule has 114 heavy (non-hydrogen) atoms. The Morgan fingerprint density at radius 1 is 0.798 bits per heavy atom. The first-order chi connectivity index (χ1) is 54.4. The van der Waals surface area contributed by atoms with E-state index < -0.39 is 201 Å². The van der Waals surface area contributed by atoms with Crippen molar-refractivity contribution in [2.75, 3.05) is 65.5 Å². The highest BCUT2D eigenvalue weighted by atomic mass is 32.4. The number of primary amides is 1. The summed E-state index contributed by atoms with van der Waals surface area (Å²) in [4.78, 5) is 188. The lowest BCUT2D eigenvalue weighted by molar-refractivity contribution is -0.219. The zero-order chi connectivity index (χ0) is 83.6. The van der Waals surface area contributed by atoms with Crippen molar-refractivity contribution in [1.29, 1.82) is 0 Å². The van der Waals surface area contributed by atoms with Crippen molar-refractivity contribution in [1.82, 2.24) is 46.7 Å². The molecule has 620 valence electrons. The summed E-state index contributed by atoms with van der Waals surface area (Å²) in [6.45, 7) is 10.5. The number of amides is 9. The van der Waals surface area contributed by atoms with E-state index in [1.165, 1.54) is 37.0 Å². The van der Waals surface area contributed by atoms with Crippen LogP contribution in [0.3, 0.4) is 0 Å². The lowest BCUT2D eigenvalue weighted by Crippen LogP contribution is -2.59. The summed E-state index contributed by atoms with van der Waals surface area (Å²) >= 11 is 4.83. The molecule has 4 aromatic rings. The number of hydrogen-bond acceptors (Lipinski definition) is 26. The molecular weight excluding hydrogens is 1550 g/mol. The zero-order valence-corrected chi connectivity index (χ0v) is 66.9. The highest BCUT2D eigenvalue weighted by Gasteiger charge is 2.46. The number of aliphatic hydroxyl groups excluding tert-OH is 1. The van der Waals surface area contributed by atoms with Crippen molar-refractivity contribution < 1.29 is 115 Å². The number of likely N-dealkylation sites (tertiary alicyclic amines) is 2. The standard InChI is InChI=1S/C46H64N10O17S.C30H35NO7.HPS/c1-7-20(2)40-44(69)50-15-37(62)51-33(19-74-45-28(12-29(47)41(66)49-16-38(63)55-40)27-9-8-26(72-23(5)58)11-31(27)54-45)42(67)53-32(13-36(48)61)46(70)56-17-25(60)10-34(56)43(68)52-30(14-39(64)65)21(3)35(73-24(6)59)18-71-22(4)57;1-3-15-35-29(32)27-16-21(38-28-14-8-9-20(37-28)18-34-2)17-31(27)30(33)36-19-26-24-12-6-4-10-22(24)23-11-5-7-13-25(23)26;1-2/h8-9,11,20-21,25,29-30,32-35,40,54,60H,7,10,12-19,47H2,1-6H3,(H2,48,61)(H,49,66)(H,50,69)(H,51,62)(H,52,68)(H,53,67)(H,55,63)(H,64,65);3-7,10-13,20-21,26-28H,1,8-9,14-19H2,2H3;1H/t20-,21?,25?,29?,30+,32?,33?,34-,35-,40-;20?,21?,27-,28?;/m00./s1. The molecule has 8 unspecified atom stereocenters. The second kappa shape index (κ2) is 44.0. The van der Waals surface area contributed by atoms with E-state index in [1.807, 2.05) is 24.3 Å². The fraction of sp³-hybridized carbons (Fsp3) is 0.526. The third-order valence-electron chi connectivity index (χ3n) is 19.6. The number of aliphatic carboxylic acids is 1. The van der Waals surface area contributed by atoms with Crippen LogP contribution >= 0.6 is 19.8 Å². The van der Waals surface area contributed by atoms with E-state index in [0.717, 1.165) is 72.0 Å². The summed E-state index contributed by atoms with van der Waals surface area (Å²) in [5.74, 6) is -13.2. The number of fused-ring (bicyclic) bond motifs is 6. The number of methoxy groups -OCH3 is 1. The number of carboxylic acid groups (broad SMARTS) is 1. The third kappa shape index (κ3) is 25.7. The number of carboxylic acids is 1. The van der Waals surface area contributed by atoms with Crippen molar-refractivity contribution in [3.8, 4) is 16.9 Å². The smallest absolute Gasteiger partial charge is 0.410 e. The minimum Gasteiger partial charge on any atom is -0.481 e. The third-order valence-corrected chi connectivity index (χ3v) is 20.8. The van der Waals surface area contributed by atoms with Gasteiger partial charge in [0.2, 0.25) is 47.3 Å². The Bertz CT molecular complexity index is 4110. The van der Waals surface area contributed by atoms with Gasteiger partial charge in [0.1, 0.15) is 61.9 Å². The van der Waals surface area contributed by atoms with Gasteiger partial charge in [0, 0.05) is 82.4 Å². The largest absolute Gasteiger partial charge is 0.481 e. The predicted octanol–water partition coefficient (Wildman–Crippen LogP) is 1.99. The molecule has 3 aromatic carbocycles. The maximum absolute atomic E-state index is 14.4. The minimum atomic E-state index is -1.85. The molecule has 35 nitrogen and oxygen atoms in total. The Labute approximate surface area is 669 Å². The van der Waals surface area contributed by atoms with Gasteiger partial charge >= 0.3 is 35.9 Å². The number of nitrogens with zero attached hydrogens (tertiary/aromatic N) is 2. The molecule has 13 N–H and O–H groups in total. The number of carbonyl (C=O) groups is 14. The molecule has 1 aromatic heterocycles. The van der Waals surface area contributed by atoms with E-state index >= 15 is 0 Å². The van der Waals surface area contributed by atoms with Crippen LogP contribution in [0.4, 0.5) is 4.79 Å². The Hall–Kier alpha value is -10.0. The number of H-pyrrole nitrogens is 1. The van der Waals surface area contributed by atoms with E-state index in [1.54, 1.807) is 27.0 Å². The van der Waals surface area contributed by atoms with E-state index in [9.17, 15) is 77.3 Å². The van der Waals surface area contributed by atoms with Crippen LogP contribution in [0.2, 0.25) is 0 Å². The first-order valence-corrected chi connectivity index (χ1v) is 39.6. The number of aromatic amines is 1. The van der Waals surface area contributed by atoms with Crippen LogP contribution in [-0.2, 0) is 114 Å². The number of carbonyl (C=O) groups excluding carboxylic acids is 13. The number of β-amino-alcohol motifs (C(OH)–C–C–N with tert-alkyl or cyclic N) is 1. The monoisotopic (exact) mass is 1650 g/mol. The molecule has 0 radical (unpaired) electrons. The summed E-state index contributed by atoms with van der Waals surface area (Å²) in [6.07, 6.45) is -1.23. The van der Waals surface area contributed by atoms with Crippen molar-refractivity contribution in [3.05, 3.63) is 96.1 Å². The summed E-state index contributed by atoms with van der Waals surface area (Å²) in [5.41, 5.74) is 17.3. The number of nitrogens with two attached hydrogens (primary N) is 2. The zero-order valence-electron chi connectivity index (χ0n) is 64.3. The van der Waals surface area contributed by atoms with Crippen LogP contribution in [0.25, 0.3) is 22.0 Å². The number of ether oxygens (including phenoxy) is 8. The SMILES string of the molecule is C=CCOC(=O)[C@@H]1CC(OC2CCCC(COC)O2)CN1C(=O)OCC1c2ccccc2-c2ccccc21.CC[C@H](C)[C@@H]1NC(=O)CNC(=O)C(N)Cc2c([nH]c3cc(OC(C)=O)ccc23)SCC(C(=O)NC(CC(N)=O)C(=O)N2CC(O)C[C@H]2C(=O)N[C@H](CC(=O)O)C(C)[C@H](COC(C)=O)OC(C)=O)NC(=O)CNC1=O.P=S. The van der Waals surface area contributed by atoms with Gasteiger partial charge in [0.15, 0.2) is 6.29 Å². The number of nitrogens with one attached hydrogen (secondary N) is 7. The Balaban J connectivity index is 0.000000373. The second-order valence-corrected chi connectivity index (χ2v) is 29.0. The van der Waals surface area contributed by atoms with Crippen molar-refractivity contribution in [2.45, 2.75) is 183 Å². The lowest BCUT2D eigenvalue weighted by atomic mass is 9.92. The van der Waals surface area contributed by atoms with E-state index in [2.05, 4.69) is 87.6 Å². The van der Waals surface area contributed by atoms with Gasteiger partial charge in [-0.25, -0.2) is 9.59 Å². The first-order valence-electron chi connectivity index (χ1n) is 37.0. The van der Waals surface area contributed by atoms with Gasteiger partial charge in [-0.3, -0.25) is 62.4 Å². The van der Waals surface area contributed by atoms with Gasteiger partial charge < -0.3 is 101 Å². The molecule has 9 amide bonds. The topological polar surface area (TPSA) is 500 Å². The summed E-state index contributed by atoms with van der Waals surface area (Å²) in [7, 11) is 4.20. The fourth-order valence-corrected chi connectivity index (χ4v) is 15.0. The van der Waals surface area contributed by atoms with Crippen molar-refractivity contribution in [2.24, 2.45) is 23.3 Å². The molecule has 0 bridgehead atoms. The molecule has 9 rings (SSSR count). The van der Waals surface area contributed by atoms with Crippen LogP contribution in [0.15, 0.2) is 84.4 Å². The number of aromatic nitrogens is 1. The van der Waals surface area contributed by atoms with Crippen LogP contribution in [0.1, 0.15) is 116 Å². The maximum atomic E-state index is 14.4. The Kier molecular flexibility index (Phi) is 35.2. The maximum Gasteiger partial charge on any atom is 0.410 e. The quantitative estimate of drug-likeness (QED) is 0.0141. The molecule has 4 aliphatic heterocycles. The first kappa shape index (κ1) is 91.2. The van der Waals surface area contributed by atoms with E-state index in [0.29, 0.717) is 40.9 Å². The molecule has 5 aliphatic rings. The van der Waals surface area contributed by atoms with E-state index in [-0.39, 0.29) is 55.8 Å². The molecule has 14 atom stereocenters.